The molecule has 0 aliphatic heterocycles. The minimum absolute atomic E-state index is 0.200. The number of hydrogen-bond acceptors (Lipinski definition) is 5. The van der Waals surface area contributed by atoms with Gasteiger partial charge < -0.3 is 5.11 Å². The number of hydrazine groups is 1. The molecule has 0 unspecified atom stereocenters. The molecule has 1 aliphatic carbocycles. The maximum absolute atomic E-state index is 12.8. The van der Waals surface area contributed by atoms with Gasteiger partial charge in [0.1, 0.15) is 0 Å². The third kappa shape index (κ3) is 3.49. The SMILES string of the molecule is O=C(NNC(=O)c1nn(-c2ccccc2)c2c1CCC2)c1nn(-c2ccccc2)cc1O. The zero-order valence-electron chi connectivity index (χ0n) is 17.0. The predicted octanol–water partition coefficient (Wildman–Crippen LogP) is 2.33. The molecule has 2 aromatic carbocycles. The molecular formula is C23H20N6O3. The molecular weight excluding hydrogens is 408 g/mol. The number of carbonyl (C=O) groups excluding carboxylic acids is 2. The Morgan fingerprint density at radius 3 is 2.12 bits per heavy atom. The molecule has 4 aromatic rings. The third-order valence-electron chi connectivity index (χ3n) is 5.37. The second kappa shape index (κ2) is 8.03. The summed E-state index contributed by atoms with van der Waals surface area (Å²) < 4.78 is 3.17. The van der Waals surface area contributed by atoms with Gasteiger partial charge >= 0.3 is 0 Å². The quantitative estimate of drug-likeness (QED) is 0.432. The Bertz CT molecular complexity index is 1290. The van der Waals surface area contributed by atoms with Crippen LogP contribution in [0.25, 0.3) is 11.4 Å². The van der Waals surface area contributed by atoms with E-state index in [2.05, 4.69) is 21.0 Å². The van der Waals surface area contributed by atoms with Gasteiger partial charge in [0.25, 0.3) is 11.8 Å². The zero-order chi connectivity index (χ0) is 22.1. The molecule has 0 fully saturated rings. The number of nitrogens with zero attached hydrogens (tertiary/aromatic N) is 4. The second-order valence-electron chi connectivity index (χ2n) is 7.43. The van der Waals surface area contributed by atoms with Crippen LogP contribution in [0.2, 0.25) is 0 Å². The fraction of sp³-hybridized carbons (Fsp3) is 0.130. The van der Waals surface area contributed by atoms with Crippen molar-refractivity contribution in [2.75, 3.05) is 0 Å². The van der Waals surface area contributed by atoms with Crippen LogP contribution < -0.4 is 10.9 Å². The van der Waals surface area contributed by atoms with E-state index >= 15 is 0 Å². The minimum Gasteiger partial charge on any atom is -0.504 e. The van der Waals surface area contributed by atoms with Gasteiger partial charge in [0, 0.05) is 11.3 Å². The lowest BCUT2D eigenvalue weighted by Gasteiger charge is -2.06. The Hall–Kier alpha value is -4.40. The van der Waals surface area contributed by atoms with E-state index in [4.69, 9.17) is 0 Å². The van der Waals surface area contributed by atoms with Crippen LogP contribution in [0.3, 0.4) is 0 Å². The van der Waals surface area contributed by atoms with E-state index < -0.39 is 11.8 Å². The minimum atomic E-state index is -0.732. The largest absolute Gasteiger partial charge is 0.504 e. The van der Waals surface area contributed by atoms with Gasteiger partial charge in [-0.2, -0.15) is 10.2 Å². The molecule has 9 nitrogen and oxygen atoms in total. The van der Waals surface area contributed by atoms with Crippen molar-refractivity contribution in [1.29, 1.82) is 0 Å². The number of aromatic nitrogens is 4. The van der Waals surface area contributed by atoms with Crippen molar-refractivity contribution in [3.05, 3.63) is 89.5 Å². The highest BCUT2D eigenvalue weighted by Gasteiger charge is 2.27. The third-order valence-corrected chi connectivity index (χ3v) is 5.37. The first kappa shape index (κ1) is 19.6. The Kier molecular flexibility index (Phi) is 4.91. The normalized spacial score (nSPS) is 12.4. The Morgan fingerprint density at radius 2 is 1.44 bits per heavy atom. The molecule has 2 amide bonds. The van der Waals surface area contributed by atoms with Crippen molar-refractivity contribution in [1.82, 2.24) is 30.4 Å². The van der Waals surface area contributed by atoms with E-state index in [1.165, 1.54) is 10.9 Å². The molecule has 3 N–H and O–H groups in total. The van der Waals surface area contributed by atoms with Crippen molar-refractivity contribution < 1.29 is 14.7 Å². The first-order chi connectivity index (χ1) is 15.6. The molecule has 5 rings (SSSR count). The van der Waals surface area contributed by atoms with Crippen LogP contribution in [0.1, 0.15) is 38.7 Å². The predicted molar refractivity (Wildman–Crippen MR) is 116 cm³/mol. The number of carbonyl (C=O) groups is 2. The molecule has 2 aromatic heterocycles. The standard InChI is InChI=1S/C23H20N6O3/c30-19-14-28(15-8-3-1-4-9-15)26-21(19)23(32)25-24-22(31)20-17-12-7-13-18(17)29(27-20)16-10-5-2-6-11-16/h1-6,8-11,14,30H,7,12-13H2,(H,24,31)(H,25,32). The molecule has 32 heavy (non-hydrogen) atoms. The lowest BCUT2D eigenvalue weighted by molar-refractivity contribution is 0.0838. The smallest absolute Gasteiger partial charge is 0.294 e. The lowest BCUT2D eigenvalue weighted by atomic mass is 10.2. The lowest BCUT2D eigenvalue weighted by Crippen LogP contribution is -2.42. The molecule has 0 radical (unpaired) electrons. The van der Waals surface area contributed by atoms with Crippen molar-refractivity contribution >= 4 is 11.8 Å². The van der Waals surface area contributed by atoms with E-state index in [9.17, 15) is 14.7 Å². The number of rotatable bonds is 4. The van der Waals surface area contributed by atoms with Gasteiger partial charge in [0.05, 0.1) is 17.6 Å². The number of aromatic hydroxyl groups is 1. The van der Waals surface area contributed by atoms with Crippen LogP contribution in [0.4, 0.5) is 0 Å². The summed E-state index contributed by atoms with van der Waals surface area (Å²) in [6.07, 6.45) is 3.86. The average Bonchev–Trinajstić information content (AvgIpc) is 3.54. The first-order valence-corrected chi connectivity index (χ1v) is 10.2. The highest BCUT2D eigenvalue weighted by Crippen LogP contribution is 2.27. The number of para-hydroxylation sites is 2. The summed E-state index contributed by atoms with van der Waals surface area (Å²) in [4.78, 5) is 25.3. The fourth-order valence-corrected chi connectivity index (χ4v) is 3.87. The van der Waals surface area contributed by atoms with Crippen molar-refractivity contribution in [3.8, 4) is 17.1 Å². The average molecular weight is 428 g/mol. The van der Waals surface area contributed by atoms with Crippen LogP contribution in [-0.4, -0.2) is 36.5 Å². The van der Waals surface area contributed by atoms with Crippen LogP contribution >= 0.6 is 0 Å². The van der Waals surface area contributed by atoms with Crippen LogP contribution in [0.5, 0.6) is 5.75 Å². The summed E-state index contributed by atoms with van der Waals surface area (Å²) >= 11 is 0. The highest BCUT2D eigenvalue weighted by molar-refractivity contribution is 5.99. The molecule has 0 spiro atoms. The van der Waals surface area contributed by atoms with Crippen molar-refractivity contribution in [2.45, 2.75) is 19.3 Å². The summed E-state index contributed by atoms with van der Waals surface area (Å²) in [6.45, 7) is 0. The number of amides is 2. The fourth-order valence-electron chi connectivity index (χ4n) is 3.87. The second-order valence-corrected chi connectivity index (χ2v) is 7.43. The first-order valence-electron chi connectivity index (χ1n) is 10.2. The maximum Gasteiger partial charge on any atom is 0.294 e. The number of benzene rings is 2. The van der Waals surface area contributed by atoms with Gasteiger partial charge in [-0.25, -0.2) is 9.36 Å². The van der Waals surface area contributed by atoms with E-state index in [1.807, 2.05) is 48.5 Å². The Morgan fingerprint density at radius 1 is 0.812 bits per heavy atom. The maximum atomic E-state index is 12.8. The van der Waals surface area contributed by atoms with Gasteiger partial charge in [-0.1, -0.05) is 36.4 Å². The molecule has 160 valence electrons. The molecule has 0 saturated heterocycles. The van der Waals surface area contributed by atoms with Gasteiger partial charge in [0.2, 0.25) is 0 Å². The highest BCUT2D eigenvalue weighted by atomic mass is 16.3. The van der Waals surface area contributed by atoms with Crippen molar-refractivity contribution in [2.24, 2.45) is 0 Å². The summed E-state index contributed by atoms with van der Waals surface area (Å²) in [7, 11) is 0. The monoisotopic (exact) mass is 428 g/mol. The molecule has 0 atom stereocenters. The van der Waals surface area contributed by atoms with E-state index in [-0.39, 0.29) is 17.1 Å². The zero-order valence-corrected chi connectivity index (χ0v) is 17.0. The summed E-state index contributed by atoms with van der Waals surface area (Å²) in [5.74, 6) is -1.55. The molecule has 2 heterocycles. The van der Waals surface area contributed by atoms with Crippen molar-refractivity contribution in [3.63, 3.8) is 0 Å². The van der Waals surface area contributed by atoms with Crippen LogP contribution in [-0.2, 0) is 12.8 Å². The number of nitrogens with one attached hydrogen (secondary N) is 2. The summed E-state index contributed by atoms with van der Waals surface area (Å²) in [5.41, 5.74) is 8.25. The Balaban J connectivity index is 1.33. The summed E-state index contributed by atoms with van der Waals surface area (Å²) in [6, 6.07) is 18.7. The molecule has 9 heteroatoms. The molecule has 0 bridgehead atoms. The van der Waals surface area contributed by atoms with Gasteiger partial charge in [0.15, 0.2) is 17.1 Å². The topological polar surface area (TPSA) is 114 Å². The van der Waals surface area contributed by atoms with Gasteiger partial charge in [-0.15, -0.1) is 0 Å². The summed E-state index contributed by atoms with van der Waals surface area (Å²) in [5, 5.41) is 18.7. The molecule has 1 aliphatic rings. The number of fused-ring (bicyclic) bond motifs is 1. The van der Waals surface area contributed by atoms with Crippen LogP contribution in [0.15, 0.2) is 66.9 Å². The van der Waals surface area contributed by atoms with Crippen LogP contribution in [0, 0.1) is 0 Å². The number of hydrogen-bond donors (Lipinski definition) is 3. The Labute approximate surface area is 183 Å². The molecule has 0 saturated carbocycles. The van der Waals surface area contributed by atoms with E-state index in [1.54, 1.807) is 16.8 Å². The van der Waals surface area contributed by atoms with E-state index in [0.717, 1.165) is 36.2 Å². The van der Waals surface area contributed by atoms with E-state index in [0.29, 0.717) is 5.69 Å². The van der Waals surface area contributed by atoms with Gasteiger partial charge in [-0.3, -0.25) is 20.4 Å². The van der Waals surface area contributed by atoms with Gasteiger partial charge in [-0.05, 0) is 43.5 Å².